The molecule has 23 heavy (non-hydrogen) atoms. The predicted octanol–water partition coefficient (Wildman–Crippen LogP) is 1.81. The van der Waals surface area contributed by atoms with Gasteiger partial charge in [-0.15, -0.1) is 0 Å². The Kier molecular flexibility index (Phi) is 19.3. The molecule has 0 radical (unpaired) electrons. The van der Waals surface area contributed by atoms with Crippen LogP contribution in [-0.2, 0) is 14.3 Å². The number of isocyanates is 2. The van der Waals surface area contributed by atoms with Gasteiger partial charge in [-0.2, -0.15) is 0 Å². The summed E-state index contributed by atoms with van der Waals surface area (Å²) in [6, 6.07) is -0.897. The molecule has 0 rings (SSSR count). The zero-order chi connectivity index (χ0) is 17.8. The van der Waals surface area contributed by atoms with Gasteiger partial charge in [0.2, 0.25) is 12.2 Å². The van der Waals surface area contributed by atoms with Crippen molar-refractivity contribution in [3.8, 4) is 0 Å². The summed E-state index contributed by atoms with van der Waals surface area (Å²) in [5, 5.41) is 1.78. The fraction of sp³-hybridized carbons (Fsp3) is 0.714. The van der Waals surface area contributed by atoms with Gasteiger partial charge in [-0.3, -0.25) is 0 Å². The van der Waals surface area contributed by atoms with Gasteiger partial charge in [0.1, 0.15) is 0 Å². The van der Waals surface area contributed by atoms with Crippen LogP contribution < -0.4 is 11.1 Å². The maximum atomic E-state index is 10.5. The van der Waals surface area contributed by atoms with E-state index >= 15 is 0 Å². The van der Waals surface area contributed by atoms with Crippen LogP contribution in [0.3, 0.4) is 0 Å². The second-order valence-electron chi connectivity index (χ2n) is 4.34. The lowest BCUT2D eigenvalue weighted by molar-refractivity contribution is 0.146. The third kappa shape index (κ3) is 24.9. The van der Waals surface area contributed by atoms with E-state index in [0.717, 1.165) is 38.5 Å². The SMILES string of the molecule is CCCCOC(=O)NC(N)=O.O=C=NCCCCCCN=C=O. The molecular weight excluding hydrogens is 304 g/mol. The van der Waals surface area contributed by atoms with Crippen LogP contribution in [0.5, 0.6) is 0 Å². The molecule has 0 atom stereocenters. The first-order valence-electron chi connectivity index (χ1n) is 7.38. The minimum Gasteiger partial charge on any atom is -0.449 e. The molecule has 0 aromatic heterocycles. The fourth-order valence-corrected chi connectivity index (χ4v) is 1.27. The van der Waals surface area contributed by atoms with Crippen LogP contribution in [0, 0.1) is 0 Å². The molecule has 0 aliphatic heterocycles. The van der Waals surface area contributed by atoms with Crippen LogP contribution in [0.4, 0.5) is 9.59 Å². The lowest BCUT2D eigenvalue weighted by Gasteiger charge is -2.01. The van der Waals surface area contributed by atoms with Crippen molar-refractivity contribution in [3.05, 3.63) is 0 Å². The Labute approximate surface area is 135 Å². The molecule has 0 heterocycles. The van der Waals surface area contributed by atoms with Crippen molar-refractivity contribution in [3.63, 3.8) is 0 Å². The number of nitrogens with two attached hydrogens (primary N) is 1. The van der Waals surface area contributed by atoms with Crippen LogP contribution in [-0.4, -0.2) is 44.0 Å². The van der Waals surface area contributed by atoms with Crippen molar-refractivity contribution < 1.29 is 23.9 Å². The van der Waals surface area contributed by atoms with Crippen molar-refractivity contribution in [2.45, 2.75) is 45.4 Å². The number of nitrogens with zero attached hydrogens (tertiary/aromatic N) is 2. The maximum absolute atomic E-state index is 10.5. The first kappa shape index (κ1) is 22.8. The van der Waals surface area contributed by atoms with E-state index in [-0.39, 0.29) is 0 Å². The van der Waals surface area contributed by atoms with E-state index in [1.807, 2.05) is 6.92 Å². The smallest absolute Gasteiger partial charge is 0.415 e. The summed E-state index contributed by atoms with van der Waals surface area (Å²) in [5.41, 5.74) is 4.65. The number of hydrogen-bond acceptors (Lipinski definition) is 7. The first-order valence-corrected chi connectivity index (χ1v) is 7.38. The highest BCUT2D eigenvalue weighted by Crippen LogP contribution is 1.99. The van der Waals surface area contributed by atoms with E-state index in [2.05, 4.69) is 20.5 Å². The quantitative estimate of drug-likeness (QED) is 0.357. The first-order chi connectivity index (χ1) is 11.1. The molecule has 0 fully saturated rings. The minimum atomic E-state index is -0.897. The van der Waals surface area contributed by atoms with Crippen LogP contribution in [0.25, 0.3) is 0 Å². The van der Waals surface area contributed by atoms with Gasteiger partial charge in [0, 0.05) is 0 Å². The summed E-state index contributed by atoms with van der Waals surface area (Å²) in [6.07, 6.45) is 7.73. The Morgan fingerprint density at radius 1 is 1.00 bits per heavy atom. The molecule has 0 aliphatic rings. The lowest BCUT2D eigenvalue weighted by atomic mass is 10.2. The summed E-state index contributed by atoms with van der Waals surface area (Å²) in [5.74, 6) is 0. The Balaban J connectivity index is 0. The zero-order valence-electron chi connectivity index (χ0n) is 13.4. The molecule has 0 aromatic rings. The number of urea groups is 1. The zero-order valence-corrected chi connectivity index (χ0v) is 13.4. The number of aliphatic imine (C=N–C) groups is 2. The summed E-state index contributed by atoms with van der Waals surface area (Å²) < 4.78 is 4.54. The second-order valence-corrected chi connectivity index (χ2v) is 4.34. The number of rotatable bonds is 10. The van der Waals surface area contributed by atoms with E-state index in [0.29, 0.717) is 19.7 Å². The number of alkyl carbamates (subject to hydrolysis) is 1. The van der Waals surface area contributed by atoms with Crippen LogP contribution >= 0.6 is 0 Å². The van der Waals surface area contributed by atoms with Gasteiger partial charge in [0.05, 0.1) is 19.7 Å². The Hall–Kier alpha value is -2.50. The molecule has 0 unspecified atom stereocenters. The highest BCUT2D eigenvalue weighted by atomic mass is 16.5. The molecule has 9 heteroatoms. The molecule has 0 spiro atoms. The number of hydrogen-bond donors (Lipinski definition) is 2. The molecule has 0 aromatic carbocycles. The van der Waals surface area contributed by atoms with Gasteiger partial charge < -0.3 is 10.5 Å². The maximum Gasteiger partial charge on any atom is 0.415 e. The molecule has 0 saturated heterocycles. The second kappa shape index (κ2) is 19.5. The van der Waals surface area contributed by atoms with Crippen LogP contribution in [0.2, 0.25) is 0 Å². The van der Waals surface area contributed by atoms with E-state index in [9.17, 15) is 19.2 Å². The highest BCUT2D eigenvalue weighted by molar-refractivity contribution is 5.89. The van der Waals surface area contributed by atoms with Crippen molar-refractivity contribution in [1.82, 2.24) is 5.32 Å². The standard InChI is InChI=1S/C8H12N2O2.C6H12N2O3/c11-7-9-5-3-1-2-4-6-10-8-12;1-2-3-4-11-6(10)8-5(7)9/h1-6H2;2-4H2,1H3,(H3,7,8,9,10). The van der Waals surface area contributed by atoms with Gasteiger partial charge in [-0.25, -0.2) is 34.5 Å². The molecule has 130 valence electrons. The summed E-state index contributed by atoms with van der Waals surface area (Å²) >= 11 is 0. The van der Waals surface area contributed by atoms with Crippen molar-refractivity contribution in [2.24, 2.45) is 15.7 Å². The number of imide groups is 1. The topological polar surface area (TPSA) is 140 Å². The monoisotopic (exact) mass is 328 g/mol. The van der Waals surface area contributed by atoms with Crippen LogP contribution in [0.1, 0.15) is 45.4 Å². The van der Waals surface area contributed by atoms with Gasteiger partial charge in [-0.1, -0.05) is 26.2 Å². The average molecular weight is 328 g/mol. The third-order valence-electron chi connectivity index (χ3n) is 2.38. The molecule has 3 N–H and O–H groups in total. The van der Waals surface area contributed by atoms with E-state index in [1.165, 1.54) is 12.2 Å². The van der Waals surface area contributed by atoms with Gasteiger partial charge >= 0.3 is 12.1 Å². The Morgan fingerprint density at radius 3 is 1.91 bits per heavy atom. The summed E-state index contributed by atoms with van der Waals surface area (Å²) in [7, 11) is 0. The van der Waals surface area contributed by atoms with Crippen molar-refractivity contribution in [2.75, 3.05) is 19.7 Å². The van der Waals surface area contributed by atoms with E-state index < -0.39 is 12.1 Å². The molecule has 0 aliphatic carbocycles. The Bertz CT molecular complexity index is 393. The van der Waals surface area contributed by atoms with Crippen molar-refractivity contribution in [1.29, 1.82) is 0 Å². The van der Waals surface area contributed by atoms with Gasteiger partial charge in [0.25, 0.3) is 0 Å². The summed E-state index contributed by atoms with van der Waals surface area (Å²) in [4.78, 5) is 46.6. The molecule has 0 bridgehead atoms. The highest BCUT2D eigenvalue weighted by Gasteiger charge is 2.02. The predicted molar refractivity (Wildman–Crippen MR) is 83.4 cm³/mol. The minimum absolute atomic E-state index is 0.315. The number of carbonyl (C=O) groups is 2. The Morgan fingerprint density at radius 2 is 1.52 bits per heavy atom. The van der Waals surface area contributed by atoms with E-state index in [4.69, 9.17) is 0 Å². The van der Waals surface area contributed by atoms with Gasteiger partial charge in [-0.05, 0) is 19.3 Å². The average Bonchev–Trinajstić information content (AvgIpc) is 2.50. The van der Waals surface area contributed by atoms with E-state index in [1.54, 1.807) is 5.32 Å². The normalized spacial score (nSPS) is 8.57. The fourth-order valence-electron chi connectivity index (χ4n) is 1.27. The third-order valence-corrected chi connectivity index (χ3v) is 2.38. The largest absolute Gasteiger partial charge is 0.449 e. The lowest BCUT2D eigenvalue weighted by Crippen LogP contribution is -2.35. The number of carbonyl (C=O) groups excluding carboxylic acids is 4. The number of ether oxygens (including phenoxy) is 1. The molecule has 0 saturated carbocycles. The summed E-state index contributed by atoms with van der Waals surface area (Å²) in [6.45, 7) is 3.39. The number of amides is 3. The molecular formula is C14H24N4O5. The molecule has 9 nitrogen and oxygen atoms in total. The van der Waals surface area contributed by atoms with Crippen molar-refractivity contribution >= 4 is 24.3 Å². The number of primary amides is 1. The van der Waals surface area contributed by atoms with Gasteiger partial charge in [0.15, 0.2) is 0 Å². The number of nitrogens with one attached hydrogen (secondary N) is 1. The number of unbranched alkanes of at least 4 members (excludes halogenated alkanes) is 4. The molecule has 3 amide bonds. The van der Waals surface area contributed by atoms with Crippen LogP contribution in [0.15, 0.2) is 9.98 Å².